The van der Waals surface area contributed by atoms with E-state index < -0.39 is 0 Å². The molecule has 0 radical (unpaired) electrons. The molecule has 0 unspecified atom stereocenters. The zero-order valence-electron chi connectivity index (χ0n) is 12.7. The molecule has 114 valence electrons. The van der Waals surface area contributed by atoms with Gasteiger partial charge in [0.05, 0.1) is 22.7 Å². The molecule has 0 N–H and O–H groups in total. The second kappa shape index (κ2) is 5.21. The number of nitrogens with zero attached hydrogens (tertiary/aromatic N) is 2. The van der Waals surface area contributed by atoms with Crippen LogP contribution in [-0.2, 0) is 0 Å². The van der Waals surface area contributed by atoms with Crippen molar-refractivity contribution >= 4 is 33.4 Å². The van der Waals surface area contributed by atoms with Crippen LogP contribution in [-0.4, -0.2) is 16.5 Å². The van der Waals surface area contributed by atoms with Crippen LogP contribution in [0, 0.1) is 6.92 Å². The molecule has 23 heavy (non-hydrogen) atoms. The summed E-state index contributed by atoms with van der Waals surface area (Å²) in [5, 5.41) is 0. The summed E-state index contributed by atoms with van der Waals surface area (Å²) in [6.45, 7) is 2.01. The highest BCUT2D eigenvalue weighted by Gasteiger charge is 2.10. The molecule has 0 saturated carbocycles. The summed E-state index contributed by atoms with van der Waals surface area (Å²) >= 11 is 1.42. The van der Waals surface area contributed by atoms with Crippen molar-refractivity contribution in [1.82, 2.24) is 9.38 Å². The molecule has 0 aliphatic heterocycles. The minimum Gasteiger partial charge on any atom is -0.497 e. The maximum absolute atomic E-state index is 12.7. The number of methoxy groups -OCH3 is 1. The zero-order chi connectivity index (χ0) is 16.0. The van der Waals surface area contributed by atoms with Crippen LogP contribution in [0.1, 0.15) is 11.1 Å². The molecule has 0 aliphatic carbocycles. The van der Waals surface area contributed by atoms with Gasteiger partial charge in [-0.3, -0.25) is 4.79 Å². The van der Waals surface area contributed by atoms with Crippen molar-refractivity contribution in [2.24, 2.45) is 0 Å². The van der Waals surface area contributed by atoms with E-state index in [1.807, 2.05) is 55.5 Å². The van der Waals surface area contributed by atoms with Crippen LogP contribution >= 0.6 is 11.3 Å². The van der Waals surface area contributed by atoms with Crippen molar-refractivity contribution in [1.29, 1.82) is 0 Å². The Morgan fingerprint density at radius 2 is 2.04 bits per heavy atom. The van der Waals surface area contributed by atoms with Crippen LogP contribution in [0.4, 0.5) is 0 Å². The molecule has 5 heteroatoms. The molecule has 4 nitrogen and oxygen atoms in total. The number of imidazole rings is 1. The van der Waals surface area contributed by atoms with Crippen molar-refractivity contribution in [3.63, 3.8) is 0 Å². The van der Waals surface area contributed by atoms with E-state index in [9.17, 15) is 4.79 Å². The average Bonchev–Trinajstić information content (AvgIpc) is 3.06. The fourth-order valence-corrected chi connectivity index (χ4v) is 3.67. The van der Waals surface area contributed by atoms with Crippen LogP contribution in [0.5, 0.6) is 5.75 Å². The molecular formula is C18H14N2O2S. The number of fused-ring (bicyclic) bond motifs is 3. The van der Waals surface area contributed by atoms with E-state index in [2.05, 4.69) is 4.98 Å². The monoisotopic (exact) mass is 322 g/mol. The molecular weight excluding hydrogens is 308 g/mol. The van der Waals surface area contributed by atoms with Gasteiger partial charge in [0.25, 0.3) is 5.56 Å². The minimum absolute atomic E-state index is 0.0195. The van der Waals surface area contributed by atoms with Crippen LogP contribution in [0.3, 0.4) is 0 Å². The fraction of sp³-hybridized carbons (Fsp3) is 0.111. The van der Waals surface area contributed by atoms with Crippen LogP contribution in [0.15, 0.2) is 47.3 Å². The SMILES string of the molecule is COc1ccc(/C=c2/sc3nc4ccccc4n3c2=O)c(C)c1. The Morgan fingerprint density at radius 1 is 1.22 bits per heavy atom. The molecule has 0 fully saturated rings. The van der Waals surface area contributed by atoms with E-state index in [1.165, 1.54) is 11.3 Å². The van der Waals surface area contributed by atoms with Gasteiger partial charge in [-0.05, 0) is 48.4 Å². The lowest BCUT2D eigenvalue weighted by atomic mass is 10.1. The molecule has 2 aromatic heterocycles. The predicted molar refractivity (Wildman–Crippen MR) is 93.4 cm³/mol. The first kappa shape index (κ1) is 14.0. The lowest BCUT2D eigenvalue weighted by Gasteiger charge is -2.03. The topological polar surface area (TPSA) is 43.6 Å². The largest absolute Gasteiger partial charge is 0.497 e. The first-order chi connectivity index (χ1) is 11.2. The molecule has 4 rings (SSSR count). The molecule has 4 aromatic rings. The molecule has 0 amide bonds. The van der Waals surface area contributed by atoms with E-state index in [4.69, 9.17) is 4.74 Å². The summed E-state index contributed by atoms with van der Waals surface area (Å²) in [5.74, 6) is 0.814. The Labute approximate surface area is 136 Å². The summed E-state index contributed by atoms with van der Waals surface area (Å²) in [4.78, 5) is 18.0. The number of thiazole rings is 1. The van der Waals surface area contributed by atoms with Gasteiger partial charge in [0.2, 0.25) is 0 Å². The Kier molecular flexibility index (Phi) is 3.16. The zero-order valence-corrected chi connectivity index (χ0v) is 13.6. The van der Waals surface area contributed by atoms with Crippen LogP contribution in [0.25, 0.3) is 22.1 Å². The van der Waals surface area contributed by atoms with E-state index in [0.29, 0.717) is 4.53 Å². The van der Waals surface area contributed by atoms with Crippen LogP contribution < -0.4 is 14.8 Å². The molecule has 0 bridgehead atoms. The van der Waals surface area contributed by atoms with Gasteiger partial charge in [0.15, 0.2) is 4.96 Å². The van der Waals surface area contributed by atoms with Crippen molar-refractivity contribution in [2.45, 2.75) is 6.92 Å². The quantitative estimate of drug-likeness (QED) is 0.570. The maximum Gasteiger partial charge on any atom is 0.274 e. The minimum atomic E-state index is -0.0195. The number of ether oxygens (including phenoxy) is 1. The van der Waals surface area contributed by atoms with E-state index in [0.717, 1.165) is 32.9 Å². The number of para-hydroxylation sites is 2. The van der Waals surface area contributed by atoms with Gasteiger partial charge in [-0.2, -0.15) is 0 Å². The lowest BCUT2D eigenvalue weighted by Crippen LogP contribution is -2.22. The van der Waals surface area contributed by atoms with Crippen molar-refractivity contribution in [2.75, 3.05) is 7.11 Å². The second-order valence-corrected chi connectivity index (χ2v) is 6.37. The van der Waals surface area contributed by atoms with Gasteiger partial charge in [-0.1, -0.05) is 29.5 Å². The first-order valence-corrected chi connectivity index (χ1v) is 8.05. The highest BCUT2D eigenvalue weighted by atomic mass is 32.1. The summed E-state index contributed by atoms with van der Waals surface area (Å²) in [7, 11) is 1.65. The maximum atomic E-state index is 12.7. The predicted octanol–water partition coefficient (Wildman–Crippen LogP) is 2.77. The Bertz CT molecular complexity index is 1140. The van der Waals surface area contributed by atoms with Gasteiger partial charge in [-0.25, -0.2) is 9.38 Å². The standard InChI is InChI=1S/C18H14N2O2S/c1-11-9-13(22-2)8-7-12(11)10-16-17(21)20-15-6-4-3-5-14(15)19-18(20)23-16/h3-10H,1-2H3/b16-10+. The lowest BCUT2D eigenvalue weighted by molar-refractivity contribution is 0.414. The van der Waals surface area contributed by atoms with Gasteiger partial charge < -0.3 is 4.74 Å². The summed E-state index contributed by atoms with van der Waals surface area (Å²) < 4.78 is 7.59. The second-order valence-electron chi connectivity index (χ2n) is 5.36. The van der Waals surface area contributed by atoms with E-state index in [1.54, 1.807) is 11.5 Å². The number of hydrogen-bond donors (Lipinski definition) is 0. The van der Waals surface area contributed by atoms with Gasteiger partial charge in [-0.15, -0.1) is 0 Å². The molecule has 0 saturated heterocycles. The number of aryl methyl sites for hydroxylation is 1. The van der Waals surface area contributed by atoms with Gasteiger partial charge in [0, 0.05) is 0 Å². The Morgan fingerprint density at radius 3 is 2.83 bits per heavy atom. The third kappa shape index (κ3) is 2.21. The molecule has 0 atom stereocenters. The van der Waals surface area contributed by atoms with Crippen molar-refractivity contribution in [3.05, 3.63) is 68.5 Å². The number of benzene rings is 2. The van der Waals surface area contributed by atoms with Gasteiger partial charge >= 0.3 is 0 Å². The highest BCUT2D eigenvalue weighted by Crippen LogP contribution is 2.18. The number of aromatic nitrogens is 2. The fourth-order valence-electron chi connectivity index (χ4n) is 2.69. The summed E-state index contributed by atoms with van der Waals surface area (Å²) in [6, 6.07) is 13.5. The molecule has 0 aliphatic rings. The average molecular weight is 322 g/mol. The third-order valence-corrected chi connectivity index (χ3v) is 4.88. The smallest absolute Gasteiger partial charge is 0.274 e. The van der Waals surface area contributed by atoms with E-state index >= 15 is 0 Å². The Balaban J connectivity index is 1.96. The number of rotatable bonds is 2. The number of hydrogen-bond acceptors (Lipinski definition) is 4. The van der Waals surface area contributed by atoms with Crippen molar-refractivity contribution in [3.8, 4) is 5.75 Å². The van der Waals surface area contributed by atoms with E-state index in [-0.39, 0.29) is 5.56 Å². The normalized spacial score (nSPS) is 12.3. The first-order valence-electron chi connectivity index (χ1n) is 7.24. The summed E-state index contributed by atoms with van der Waals surface area (Å²) in [5.41, 5.74) is 3.77. The van der Waals surface area contributed by atoms with Gasteiger partial charge in [0.1, 0.15) is 5.75 Å². The molecule has 2 heterocycles. The molecule has 0 spiro atoms. The molecule has 2 aromatic carbocycles. The Hall–Kier alpha value is -2.66. The van der Waals surface area contributed by atoms with Crippen LogP contribution in [0.2, 0.25) is 0 Å². The highest BCUT2D eigenvalue weighted by molar-refractivity contribution is 7.15. The third-order valence-electron chi connectivity index (χ3n) is 3.91. The van der Waals surface area contributed by atoms with Crippen molar-refractivity contribution < 1.29 is 4.74 Å². The summed E-state index contributed by atoms with van der Waals surface area (Å²) in [6.07, 6.45) is 1.92.